The van der Waals surface area contributed by atoms with Crippen molar-refractivity contribution in [3.63, 3.8) is 0 Å². The molecule has 1 heterocycles. The molecule has 16 heavy (non-hydrogen) atoms. The molecule has 2 rings (SSSR count). The van der Waals surface area contributed by atoms with E-state index in [9.17, 15) is 0 Å². The summed E-state index contributed by atoms with van der Waals surface area (Å²) in [5.74, 6) is 0.849. The van der Waals surface area contributed by atoms with Crippen LogP contribution in [0.15, 0.2) is 28.9 Å². The van der Waals surface area contributed by atoms with Crippen molar-refractivity contribution >= 4 is 27.6 Å². The highest BCUT2D eigenvalue weighted by Crippen LogP contribution is 2.26. The first-order valence-electron chi connectivity index (χ1n) is 5.09. The first-order chi connectivity index (χ1) is 7.56. The Bertz CT molecular complexity index is 517. The molecule has 0 spiro atoms. The highest BCUT2D eigenvalue weighted by molar-refractivity contribution is 9.10. The van der Waals surface area contributed by atoms with Crippen molar-refractivity contribution in [3.05, 3.63) is 40.1 Å². The lowest BCUT2D eigenvalue weighted by Crippen LogP contribution is -1.99. The van der Waals surface area contributed by atoms with Gasteiger partial charge in [0.15, 0.2) is 0 Å². The first kappa shape index (κ1) is 11.2. The van der Waals surface area contributed by atoms with Gasteiger partial charge in [-0.1, -0.05) is 6.07 Å². The number of aromatic nitrogens is 2. The Morgan fingerprint density at radius 3 is 2.62 bits per heavy atom. The molecule has 0 saturated carbocycles. The number of aryl methyl sites for hydroxylation is 3. The van der Waals surface area contributed by atoms with Crippen LogP contribution >= 0.6 is 15.9 Å². The summed E-state index contributed by atoms with van der Waals surface area (Å²) in [4.78, 5) is 4.40. The van der Waals surface area contributed by atoms with E-state index in [1.165, 1.54) is 5.56 Å². The Balaban J connectivity index is 2.30. The molecule has 0 atom stereocenters. The van der Waals surface area contributed by atoms with E-state index < -0.39 is 0 Å². The van der Waals surface area contributed by atoms with E-state index in [2.05, 4.69) is 45.3 Å². The molecule has 0 radical (unpaired) electrons. The normalized spacial score (nSPS) is 10.5. The van der Waals surface area contributed by atoms with E-state index in [1.807, 2.05) is 30.8 Å². The molecule has 0 aliphatic rings. The zero-order valence-electron chi connectivity index (χ0n) is 9.58. The van der Waals surface area contributed by atoms with Crippen molar-refractivity contribution in [1.29, 1.82) is 0 Å². The summed E-state index contributed by atoms with van der Waals surface area (Å²) < 4.78 is 3.02. The van der Waals surface area contributed by atoms with Crippen LogP contribution in [0.2, 0.25) is 0 Å². The second-order valence-electron chi connectivity index (χ2n) is 3.93. The summed E-state index contributed by atoms with van der Waals surface area (Å²) in [5.41, 5.74) is 3.26. The molecule has 1 aromatic heterocycles. The van der Waals surface area contributed by atoms with E-state index in [0.29, 0.717) is 0 Å². The van der Waals surface area contributed by atoms with Crippen molar-refractivity contribution in [1.82, 2.24) is 9.55 Å². The van der Waals surface area contributed by atoms with E-state index in [0.717, 1.165) is 21.8 Å². The third kappa shape index (κ3) is 2.27. The Morgan fingerprint density at radius 2 is 2.06 bits per heavy atom. The highest BCUT2D eigenvalue weighted by atomic mass is 79.9. The fourth-order valence-corrected chi connectivity index (χ4v) is 2.17. The maximum atomic E-state index is 4.40. The molecule has 1 N–H and O–H groups in total. The summed E-state index contributed by atoms with van der Waals surface area (Å²) in [6.45, 7) is 4.05. The van der Waals surface area contributed by atoms with Gasteiger partial charge in [0.2, 0.25) is 5.95 Å². The van der Waals surface area contributed by atoms with Gasteiger partial charge in [0, 0.05) is 17.7 Å². The monoisotopic (exact) mass is 279 g/mol. The van der Waals surface area contributed by atoms with Gasteiger partial charge < -0.3 is 9.88 Å². The molecule has 0 saturated heterocycles. The van der Waals surface area contributed by atoms with Gasteiger partial charge in [0.1, 0.15) is 0 Å². The number of nitrogens with zero attached hydrogens (tertiary/aromatic N) is 2. The lowest BCUT2D eigenvalue weighted by atomic mass is 10.2. The van der Waals surface area contributed by atoms with E-state index in [4.69, 9.17) is 0 Å². The first-order valence-corrected chi connectivity index (χ1v) is 5.88. The van der Waals surface area contributed by atoms with Gasteiger partial charge in [-0.3, -0.25) is 0 Å². The van der Waals surface area contributed by atoms with Crippen molar-refractivity contribution in [2.24, 2.45) is 7.05 Å². The minimum absolute atomic E-state index is 0.849. The largest absolute Gasteiger partial charge is 0.325 e. The Morgan fingerprint density at radius 1 is 1.31 bits per heavy atom. The molecule has 84 valence electrons. The summed E-state index contributed by atoms with van der Waals surface area (Å²) in [6.07, 6.45) is 1.99. The van der Waals surface area contributed by atoms with Crippen LogP contribution in [0.1, 0.15) is 11.3 Å². The number of benzene rings is 1. The standard InChI is InChI=1S/C12H14BrN3/c1-8-4-5-11(10(13)6-8)15-12-14-9(2)7-16(12)3/h4-7H,1-3H3,(H,14,15). The maximum absolute atomic E-state index is 4.40. The van der Waals surface area contributed by atoms with Crippen LogP contribution in [0.3, 0.4) is 0 Å². The second kappa shape index (κ2) is 4.29. The van der Waals surface area contributed by atoms with Gasteiger partial charge in [-0.05, 0) is 47.5 Å². The molecule has 1 aromatic carbocycles. The number of imidazole rings is 1. The quantitative estimate of drug-likeness (QED) is 0.911. The van der Waals surface area contributed by atoms with Crippen LogP contribution in [-0.2, 0) is 7.05 Å². The third-order valence-electron chi connectivity index (χ3n) is 2.37. The number of nitrogens with one attached hydrogen (secondary N) is 1. The maximum Gasteiger partial charge on any atom is 0.207 e. The lowest BCUT2D eigenvalue weighted by molar-refractivity contribution is 0.923. The zero-order chi connectivity index (χ0) is 11.7. The summed E-state index contributed by atoms with van der Waals surface area (Å²) in [5, 5.41) is 3.29. The fraction of sp³-hybridized carbons (Fsp3) is 0.250. The lowest BCUT2D eigenvalue weighted by Gasteiger charge is -2.08. The second-order valence-corrected chi connectivity index (χ2v) is 4.78. The average Bonchev–Trinajstić information content (AvgIpc) is 2.50. The molecule has 0 bridgehead atoms. The Hall–Kier alpha value is -1.29. The minimum Gasteiger partial charge on any atom is -0.325 e. The highest BCUT2D eigenvalue weighted by Gasteiger charge is 2.05. The van der Waals surface area contributed by atoms with Gasteiger partial charge in [-0.25, -0.2) is 4.98 Å². The molecule has 3 nitrogen and oxygen atoms in total. The minimum atomic E-state index is 0.849. The molecule has 4 heteroatoms. The molecule has 0 fully saturated rings. The van der Waals surface area contributed by atoms with Gasteiger partial charge in [-0.2, -0.15) is 0 Å². The van der Waals surface area contributed by atoms with E-state index in [1.54, 1.807) is 0 Å². The van der Waals surface area contributed by atoms with Crippen LogP contribution in [0.25, 0.3) is 0 Å². The van der Waals surface area contributed by atoms with Crippen molar-refractivity contribution in [2.75, 3.05) is 5.32 Å². The average molecular weight is 280 g/mol. The third-order valence-corrected chi connectivity index (χ3v) is 3.02. The molecule has 0 aliphatic heterocycles. The van der Waals surface area contributed by atoms with Gasteiger partial charge in [0.05, 0.1) is 11.4 Å². The van der Waals surface area contributed by atoms with Crippen LogP contribution in [0, 0.1) is 13.8 Å². The number of hydrogen-bond acceptors (Lipinski definition) is 2. The number of rotatable bonds is 2. The topological polar surface area (TPSA) is 29.9 Å². The van der Waals surface area contributed by atoms with Crippen LogP contribution < -0.4 is 5.32 Å². The zero-order valence-corrected chi connectivity index (χ0v) is 11.2. The Kier molecular flexibility index (Phi) is 3.01. The van der Waals surface area contributed by atoms with Crippen LogP contribution in [0.5, 0.6) is 0 Å². The summed E-state index contributed by atoms with van der Waals surface area (Å²) >= 11 is 3.54. The molecular formula is C12H14BrN3. The van der Waals surface area contributed by atoms with Gasteiger partial charge >= 0.3 is 0 Å². The molecule has 0 aliphatic carbocycles. The fourth-order valence-electron chi connectivity index (χ4n) is 1.57. The summed E-state index contributed by atoms with van der Waals surface area (Å²) in [7, 11) is 1.98. The Labute approximate surface area is 104 Å². The molecule has 0 unspecified atom stereocenters. The molecule has 0 amide bonds. The molecular weight excluding hydrogens is 266 g/mol. The SMILES string of the molecule is Cc1ccc(Nc2nc(C)cn2C)c(Br)c1. The van der Waals surface area contributed by atoms with Crippen LogP contribution in [-0.4, -0.2) is 9.55 Å². The van der Waals surface area contributed by atoms with Gasteiger partial charge in [0.25, 0.3) is 0 Å². The van der Waals surface area contributed by atoms with E-state index >= 15 is 0 Å². The van der Waals surface area contributed by atoms with E-state index in [-0.39, 0.29) is 0 Å². The predicted octanol–water partition coefficient (Wildman–Crippen LogP) is 3.54. The number of hydrogen-bond donors (Lipinski definition) is 1. The number of anilines is 2. The number of halogens is 1. The smallest absolute Gasteiger partial charge is 0.207 e. The van der Waals surface area contributed by atoms with Crippen molar-refractivity contribution in [2.45, 2.75) is 13.8 Å². The van der Waals surface area contributed by atoms with Crippen LogP contribution in [0.4, 0.5) is 11.6 Å². The van der Waals surface area contributed by atoms with Crippen molar-refractivity contribution < 1.29 is 0 Å². The van der Waals surface area contributed by atoms with Gasteiger partial charge in [-0.15, -0.1) is 0 Å². The molecule has 2 aromatic rings. The predicted molar refractivity (Wildman–Crippen MR) is 70.1 cm³/mol. The van der Waals surface area contributed by atoms with Crippen molar-refractivity contribution in [3.8, 4) is 0 Å². The summed E-state index contributed by atoms with van der Waals surface area (Å²) in [6, 6.07) is 6.20.